The van der Waals surface area contributed by atoms with Crippen LogP contribution in [0.5, 0.6) is 0 Å². The van der Waals surface area contributed by atoms with E-state index in [1.165, 1.54) is 22.3 Å². The van der Waals surface area contributed by atoms with Gasteiger partial charge in [0, 0.05) is 91.8 Å². The van der Waals surface area contributed by atoms with Crippen LogP contribution in [0.2, 0.25) is 0 Å². The van der Waals surface area contributed by atoms with E-state index in [0.29, 0.717) is 49.6 Å². The number of allylic oxidation sites excluding steroid dienone is 3. The summed E-state index contributed by atoms with van der Waals surface area (Å²) in [6.07, 6.45) is 10.6. The highest BCUT2D eigenvalue weighted by atomic mass is 32.1. The first kappa shape index (κ1) is 51.3. The van der Waals surface area contributed by atoms with Crippen LogP contribution >= 0.6 is 11.3 Å². The molecule has 2 fully saturated rings. The number of aryl methyl sites for hydroxylation is 1. The third kappa shape index (κ3) is 12.9. The number of hydrogen-bond acceptors (Lipinski definition) is 11. The largest absolute Gasteiger partial charge is 0.467 e. The summed E-state index contributed by atoms with van der Waals surface area (Å²) in [6.45, 7) is 21.7. The first-order chi connectivity index (χ1) is 30.6. The second kappa shape index (κ2) is 24.1. The Bertz CT molecular complexity index is 2150. The summed E-state index contributed by atoms with van der Waals surface area (Å²) in [4.78, 5) is 69.3. The molecule has 2 aliphatic heterocycles. The number of nitrogens with two attached hydrogens (primary N) is 1. The molecule has 3 aromatic rings. The first-order valence-corrected chi connectivity index (χ1v) is 23.2. The van der Waals surface area contributed by atoms with E-state index in [-0.39, 0.29) is 42.8 Å². The van der Waals surface area contributed by atoms with Crippen molar-refractivity contribution in [3.8, 4) is 11.3 Å². The summed E-state index contributed by atoms with van der Waals surface area (Å²) in [5.74, 6) is -0.721. The molecular weight excluding hydrogens is 833 g/mol. The number of fused-ring (bicyclic) bond motifs is 1. The Balaban J connectivity index is 0.000000885. The highest BCUT2D eigenvalue weighted by Gasteiger charge is 2.34. The second-order valence-corrected chi connectivity index (χ2v) is 18.4. The number of hydrogen-bond donors (Lipinski definition) is 3. The molecule has 3 atom stereocenters. The lowest BCUT2D eigenvalue weighted by atomic mass is 9.84. The van der Waals surface area contributed by atoms with Gasteiger partial charge in [-0.15, -0.1) is 11.3 Å². The number of nitrogens with zero attached hydrogens (tertiary/aromatic N) is 5. The maximum absolute atomic E-state index is 13.9. The number of carbonyl (C=O) groups excluding carboxylic acids is 5. The van der Waals surface area contributed by atoms with Crippen molar-refractivity contribution in [1.29, 1.82) is 0 Å². The molecule has 0 saturated carbocycles. The van der Waals surface area contributed by atoms with Crippen molar-refractivity contribution >= 4 is 58.4 Å². The van der Waals surface area contributed by atoms with Gasteiger partial charge in [-0.05, 0) is 82.6 Å². The van der Waals surface area contributed by atoms with Gasteiger partial charge >= 0.3 is 0 Å². The number of methoxy groups -OCH3 is 1. The lowest BCUT2D eigenvalue weighted by Gasteiger charge is -2.33. The molecule has 0 aliphatic carbocycles. The zero-order valence-electron chi connectivity index (χ0n) is 39.3. The number of likely N-dealkylation sites (tertiary alicyclic amines) is 1. The highest BCUT2D eigenvalue weighted by molar-refractivity contribution is 7.10. The Morgan fingerprint density at radius 2 is 1.81 bits per heavy atom. The van der Waals surface area contributed by atoms with E-state index in [4.69, 9.17) is 20.2 Å². The van der Waals surface area contributed by atoms with Crippen molar-refractivity contribution in [2.75, 3.05) is 46.9 Å². The lowest BCUT2D eigenvalue weighted by Crippen LogP contribution is -2.58. The number of benzene rings is 1. The van der Waals surface area contributed by atoms with Crippen molar-refractivity contribution in [2.24, 2.45) is 17.1 Å². The number of nitrogens with one attached hydrogen (secondary N) is 2. The Labute approximate surface area is 383 Å². The van der Waals surface area contributed by atoms with Crippen molar-refractivity contribution in [1.82, 2.24) is 35.1 Å². The SMILES string of the molecule is C/C=C\C(=C(/N)C(C)OC)c1c(CC(C)(C)COC=O)c2cc(-c3csc(CC(NC(=O)C(C(C)C)N(C)C=O)C(=O)N4CCCCN4)n3)ccc2n1CC.C=CC(=O)N1CCCC1. The molecule has 5 rings (SSSR count). The Kier molecular flexibility index (Phi) is 19.3. The quantitative estimate of drug-likeness (QED) is 0.0705. The fourth-order valence-electron chi connectivity index (χ4n) is 8.34. The first-order valence-electron chi connectivity index (χ1n) is 22.3. The minimum Gasteiger partial charge on any atom is -0.467 e. The Morgan fingerprint density at radius 3 is 2.39 bits per heavy atom. The fraction of sp³-hybridized carbons (Fsp3) is 0.542. The third-order valence-corrected chi connectivity index (χ3v) is 12.6. The molecule has 4 N–H and O–H groups in total. The predicted molar refractivity (Wildman–Crippen MR) is 254 cm³/mol. The van der Waals surface area contributed by atoms with Crippen LogP contribution in [-0.2, 0) is 52.8 Å². The van der Waals surface area contributed by atoms with E-state index in [2.05, 4.69) is 54.8 Å². The summed E-state index contributed by atoms with van der Waals surface area (Å²) in [5, 5.41) is 8.24. The maximum atomic E-state index is 13.9. The van der Waals surface area contributed by atoms with Crippen molar-refractivity contribution in [3.63, 3.8) is 0 Å². The van der Waals surface area contributed by atoms with Gasteiger partial charge in [-0.3, -0.25) is 29.0 Å². The lowest BCUT2D eigenvalue weighted by molar-refractivity contribution is -0.142. The van der Waals surface area contributed by atoms with E-state index in [1.54, 1.807) is 19.2 Å². The van der Waals surface area contributed by atoms with E-state index in [1.807, 2.05) is 56.2 Å². The summed E-state index contributed by atoms with van der Waals surface area (Å²) >= 11 is 1.43. The van der Waals surface area contributed by atoms with E-state index in [0.717, 1.165) is 77.8 Å². The standard InChI is InChI=1S/C41H59N7O6S.C7H11NO/c1-10-14-29(36(42)27(5)53-9)38-31(21-41(6,7)23-54-25-50)30-19-28(15-16-34(30)47(38)11-2)33-22-55-35(44-33)20-32(40(52)48-18-13-12-17-43-48)45-39(51)37(26(3)4)46(8)24-49;1-2-7(9)8-5-3-4-6-8/h10,14-16,19,22,24-27,32,37,43H,11-13,17-18,20-21,23,42H2,1-9H3,(H,45,51);2H,1,3-6H2/b14-10-,36-29+;. The molecule has 2 aromatic heterocycles. The molecule has 2 aliphatic rings. The normalized spacial score (nSPS) is 16.2. The summed E-state index contributed by atoms with van der Waals surface area (Å²) in [6, 6.07) is 4.67. The number of thiazole rings is 1. The van der Waals surface area contributed by atoms with Gasteiger partial charge in [-0.1, -0.05) is 52.5 Å². The molecule has 0 bridgehead atoms. The molecule has 350 valence electrons. The van der Waals surface area contributed by atoms with Crippen LogP contribution in [-0.4, -0.2) is 120 Å². The minimum absolute atomic E-state index is 0.0764. The van der Waals surface area contributed by atoms with Crippen LogP contribution in [0.3, 0.4) is 0 Å². The molecular formula is C48H70N8O7S. The molecule has 4 heterocycles. The molecule has 16 heteroatoms. The highest BCUT2D eigenvalue weighted by Crippen LogP contribution is 2.39. The topological polar surface area (TPSA) is 181 Å². The molecule has 15 nitrogen and oxygen atoms in total. The molecule has 64 heavy (non-hydrogen) atoms. The summed E-state index contributed by atoms with van der Waals surface area (Å²) in [5.41, 5.74) is 15.8. The van der Waals surface area contributed by atoms with Gasteiger partial charge in [-0.2, -0.15) is 0 Å². The van der Waals surface area contributed by atoms with Crippen molar-refractivity contribution in [3.05, 3.63) is 70.3 Å². The third-order valence-electron chi connectivity index (χ3n) is 11.7. The monoisotopic (exact) mass is 903 g/mol. The fourth-order valence-corrected chi connectivity index (χ4v) is 9.19. The van der Waals surface area contributed by atoms with Gasteiger partial charge in [0.15, 0.2) is 0 Å². The van der Waals surface area contributed by atoms with Crippen LogP contribution in [0.15, 0.2) is 54.1 Å². The van der Waals surface area contributed by atoms with Crippen molar-refractivity contribution in [2.45, 2.75) is 112 Å². The average molecular weight is 903 g/mol. The minimum atomic E-state index is -0.888. The second-order valence-electron chi connectivity index (χ2n) is 17.5. The van der Waals surface area contributed by atoms with E-state index < -0.39 is 17.5 Å². The number of likely N-dealkylation sites (N-methyl/N-ethyl adjacent to an activating group) is 1. The van der Waals surface area contributed by atoms with Crippen LogP contribution < -0.4 is 16.5 Å². The number of hydrazine groups is 1. The number of aromatic nitrogens is 2. The number of amides is 4. The molecule has 4 amide bonds. The number of rotatable bonds is 20. The van der Waals surface area contributed by atoms with Crippen LogP contribution in [0.1, 0.15) is 90.4 Å². The summed E-state index contributed by atoms with van der Waals surface area (Å²) in [7, 11) is 3.21. The predicted octanol–water partition coefficient (Wildman–Crippen LogP) is 5.87. The molecule has 0 radical (unpaired) electrons. The van der Waals surface area contributed by atoms with Gasteiger partial charge in [0.05, 0.1) is 29.1 Å². The van der Waals surface area contributed by atoms with Gasteiger partial charge in [-0.25, -0.2) is 10.4 Å². The number of ether oxygens (including phenoxy) is 2. The zero-order chi connectivity index (χ0) is 47.1. The van der Waals surface area contributed by atoms with Gasteiger partial charge in [0.2, 0.25) is 18.2 Å². The van der Waals surface area contributed by atoms with Gasteiger partial charge in [0.25, 0.3) is 12.4 Å². The van der Waals surface area contributed by atoms with Crippen molar-refractivity contribution < 1.29 is 33.4 Å². The van der Waals surface area contributed by atoms with Gasteiger partial charge < -0.3 is 34.9 Å². The molecule has 0 spiro atoms. The maximum Gasteiger partial charge on any atom is 0.293 e. The number of carbonyl (C=O) groups is 5. The summed E-state index contributed by atoms with van der Waals surface area (Å²) < 4.78 is 13.2. The van der Waals surface area contributed by atoms with E-state index >= 15 is 0 Å². The zero-order valence-corrected chi connectivity index (χ0v) is 40.1. The molecule has 1 aromatic carbocycles. The smallest absolute Gasteiger partial charge is 0.293 e. The van der Waals surface area contributed by atoms with Crippen LogP contribution in [0.25, 0.3) is 27.7 Å². The van der Waals surface area contributed by atoms with Gasteiger partial charge in [0.1, 0.15) is 12.1 Å². The average Bonchev–Trinajstić information content (AvgIpc) is 4.07. The molecule has 3 unspecified atom stereocenters. The Morgan fingerprint density at radius 1 is 1.11 bits per heavy atom. The Hall–Kier alpha value is -5.32. The van der Waals surface area contributed by atoms with E-state index in [9.17, 15) is 24.0 Å². The van der Waals surface area contributed by atoms with Crippen LogP contribution in [0, 0.1) is 11.3 Å². The molecule has 2 saturated heterocycles. The van der Waals surface area contributed by atoms with Crippen LogP contribution in [0.4, 0.5) is 0 Å².